The van der Waals surface area contributed by atoms with E-state index < -0.39 is 12.6 Å². The summed E-state index contributed by atoms with van der Waals surface area (Å²) in [5.41, 5.74) is 2.99. The maximum absolute atomic E-state index is 13.3. The fourth-order valence-corrected chi connectivity index (χ4v) is 8.03. The predicted molar refractivity (Wildman–Crippen MR) is 149 cm³/mol. The number of ether oxygens (including phenoxy) is 1. The summed E-state index contributed by atoms with van der Waals surface area (Å²) in [7, 11) is 0. The van der Waals surface area contributed by atoms with Crippen molar-refractivity contribution in [3.63, 3.8) is 0 Å². The highest BCUT2D eigenvalue weighted by Gasteiger charge is 2.66. The number of carbonyl (C=O) groups excluding carboxylic acids is 4. The van der Waals surface area contributed by atoms with Gasteiger partial charge in [0.1, 0.15) is 0 Å². The fraction of sp³-hybridized carbons (Fsp3) is 0.267. The average molecular weight is 637 g/mol. The maximum atomic E-state index is 13.3. The summed E-state index contributed by atoms with van der Waals surface area (Å²) in [5.74, 6) is -1.91. The predicted octanol–water partition coefficient (Wildman–Crippen LogP) is 5.68. The van der Waals surface area contributed by atoms with E-state index in [0.717, 1.165) is 17.5 Å². The molecule has 3 aromatic carbocycles. The molecule has 2 bridgehead atoms. The quantitative estimate of drug-likeness (QED) is 0.151. The van der Waals surface area contributed by atoms with Gasteiger partial charge >= 0.3 is 5.97 Å². The van der Waals surface area contributed by atoms with Crippen molar-refractivity contribution in [3.05, 3.63) is 90.0 Å². The van der Waals surface area contributed by atoms with E-state index >= 15 is 0 Å². The molecule has 1 heterocycles. The molecule has 2 amide bonds. The van der Waals surface area contributed by atoms with Crippen molar-refractivity contribution in [2.24, 2.45) is 23.7 Å². The number of fused-ring (bicyclic) bond motifs is 5. The molecule has 0 spiro atoms. The SMILES string of the molecule is O=C(COC(=O)c1cccc(N2C(=O)[C@@H]3[C@H]4C[C@@H]([C@H](Br)[C@@H]4Br)[C@@H]3C2=O)c1)c1ccc(-c2ccccc2)cc1. The summed E-state index contributed by atoms with van der Waals surface area (Å²) in [6.45, 7) is -0.415. The normalized spacial score (nSPS) is 27.5. The van der Waals surface area contributed by atoms with Gasteiger partial charge in [0.15, 0.2) is 12.4 Å². The zero-order valence-corrected chi connectivity index (χ0v) is 23.3. The van der Waals surface area contributed by atoms with Gasteiger partial charge in [-0.3, -0.25) is 19.3 Å². The molecule has 3 aromatic rings. The van der Waals surface area contributed by atoms with Crippen LogP contribution in [-0.4, -0.2) is 39.8 Å². The topological polar surface area (TPSA) is 80.8 Å². The molecule has 0 N–H and O–H groups in total. The highest BCUT2D eigenvalue weighted by atomic mass is 79.9. The van der Waals surface area contributed by atoms with Crippen molar-refractivity contribution < 1.29 is 23.9 Å². The smallest absolute Gasteiger partial charge is 0.338 e. The Morgan fingerprint density at radius 3 is 2.00 bits per heavy atom. The van der Waals surface area contributed by atoms with Crippen LogP contribution in [0.5, 0.6) is 0 Å². The lowest BCUT2D eigenvalue weighted by molar-refractivity contribution is -0.123. The Bertz CT molecular complexity index is 1410. The number of benzene rings is 3. The molecule has 0 radical (unpaired) electrons. The largest absolute Gasteiger partial charge is 0.454 e. The van der Waals surface area contributed by atoms with Crippen molar-refractivity contribution in [3.8, 4) is 11.1 Å². The van der Waals surface area contributed by atoms with Crippen LogP contribution in [0, 0.1) is 23.7 Å². The lowest BCUT2D eigenvalue weighted by atomic mass is 9.81. The van der Waals surface area contributed by atoms with Gasteiger partial charge in [-0.15, -0.1) is 0 Å². The van der Waals surface area contributed by atoms with Gasteiger partial charge in [0.2, 0.25) is 11.8 Å². The van der Waals surface area contributed by atoms with E-state index in [-0.39, 0.29) is 56.5 Å². The highest BCUT2D eigenvalue weighted by molar-refractivity contribution is 9.12. The van der Waals surface area contributed by atoms with Crippen molar-refractivity contribution in [1.29, 1.82) is 0 Å². The first-order valence-electron chi connectivity index (χ1n) is 12.5. The Hall–Kier alpha value is -3.10. The number of hydrogen-bond donors (Lipinski definition) is 0. The van der Waals surface area contributed by atoms with Gasteiger partial charge in [0.25, 0.3) is 0 Å². The van der Waals surface area contributed by atoms with Gasteiger partial charge < -0.3 is 4.74 Å². The summed E-state index contributed by atoms with van der Waals surface area (Å²) in [4.78, 5) is 53.6. The third-order valence-corrected chi connectivity index (χ3v) is 11.2. The number of amides is 2. The number of imide groups is 1. The van der Waals surface area contributed by atoms with Gasteiger partial charge in [-0.25, -0.2) is 4.79 Å². The Labute approximate surface area is 236 Å². The van der Waals surface area contributed by atoms with Crippen molar-refractivity contribution in [2.45, 2.75) is 16.1 Å². The molecule has 1 saturated heterocycles. The van der Waals surface area contributed by atoms with E-state index in [9.17, 15) is 19.2 Å². The number of alkyl halides is 2. The maximum Gasteiger partial charge on any atom is 0.338 e. The average Bonchev–Trinajstić information content (AvgIpc) is 3.56. The molecule has 0 unspecified atom stereocenters. The summed E-state index contributed by atoms with van der Waals surface area (Å²) < 4.78 is 5.29. The molecule has 1 aliphatic heterocycles. The minimum atomic E-state index is -0.693. The lowest BCUT2D eigenvalue weighted by Gasteiger charge is -2.28. The molecule has 6 atom stereocenters. The molecule has 3 fully saturated rings. The van der Waals surface area contributed by atoms with E-state index in [1.165, 1.54) is 11.0 Å². The number of nitrogens with zero attached hydrogens (tertiary/aromatic N) is 1. The number of rotatable bonds is 6. The summed E-state index contributed by atoms with van der Waals surface area (Å²) >= 11 is 7.39. The van der Waals surface area contributed by atoms with Crippen LogP contribution in [0.2, 0.25) is 0 Å². The molecular formula is C30H23Br2NO5. The first-order valence-corrected chi connectivity index (χ1v) is 14.3. The number of halogens is 2. The van der Waals surface area contributed by atoms with Crippen molar-refractivity contribution in [2.75, 3.05) is 11.5 Å². The molecule has 2 aliphatic carbocycles. The molecule has 38 heavy (non-hydrogen) atoms. The van der Waals surface area contributed by atoms with E-state index in [1.807, 2.05) is 42.5 Å². The second kappa shape index (κ2) is 9.89. The Kier molecular flexibility index (Phi) is 6.56. The number of ketones is 1. The number of carbonyl (C=O) groups is 4. The van der Waals surface area contributed by atoms with Crippen LogP contribution < -0.4 is 4.90 Å². The Morgan fingerprint density at radius 1 is 0.763 bits per heavy atom. The fourth-order valence-electron chi connectivity index (χ4n) is 6.15. The van der Waals surface area contributed by atoms with E-state index in [4.69, 9.17) is 4.74 Å². The molecule has 6 rings (SSSR count). The summed E-state index contributed by atoms with van der Waals surface area (Å²) in [6, 6.07) is 23.2. The van der Waals surface area contributed by atoms with Gasteiger partial charge in [0.05, 0.1) is 23.1 Å². The zero-order valence-electron chi connectivity index (χ0n) is 20.1. The van der Waals surface area contributed by atoms with Crippen LogP contribution in [0.4, 0.5) is 5.69 Å². The second-order valence-electron chi connectivity index (χ2n) is 10.0. The third kappa shape index (κ3) is 4.14. The van der Waals surface area contributed by atoms with Gasteiger partial charge in [-0.05, 0) is 47.6 Å². The van der Waals surface area contributed by atoms with Crippen molar-refractivity contribution in [1.82, 2.24) is 0 Å². The van der Waals surface area contributed by atoms with Crippen LogP contribution in [0.3, 0.4) is 0 Å². The van der Waals surface area contributed by atoms with Gasteiger partial charge in [-0.2, -0.15) is 0 Å². The van der Waals surface area contributed by atoms with E-state index in [1.54, 1.807) is 30.3 Å². The minimum absolute atomic E-state index is 0.108. The standard InChI is InChI=1S/C30H23Br2NO5/c31-26-21-14-22(27(26)32)25-24(21)28(35)33(29(25)36)20-8-4-7-19(13-20)30(37)38-15-23(34)18-11-9-17(10-12-18)16-5-2-1-3-6-16/h1-13,21-22,24-27H,14-15H2/t21-,22-,24-,25+,26-,27+/m1/s1. The highest BCUT2D eigenvalue weighted by Crippen LogP contribution is 2.60. The Morgan fingerprint density at radius 2 is 1.37 bits per heavy atom. The zero-order chi connectivity index (χ0) is 26.6. The van der Waals surface area contributed by atoms with E-state index in [0.29, 0.717) is 11.3 Å². The summed E-state index contributed by atoms with van der Waals surface area (Å²) in [6.07, 6.45) is 0.849. The monoisotopic (exact) mass is 635 g/mol. The van der Waals surface area contributed by atoms with Crippen LogP contribution in [0.25, 0.3) is 11.1 Å². The number of esters is 1. The molecule has 3 aliphatic rings. The van der Waals surface area contributed by atoms with Gasteiger partial charge in [0, 0.05) is 15.2 Å². The van der Waals surface area contributed by atoms with Crippen LogP contribution in [0.15, 0.2) is 78.9 Å². The first kappa shape index (κ1) is 25.2. The molecule has 8 heteroatoms. The summed E-state index contributed by atoms with van der Waals surface area (Å²) in [5, 5.41) is 0. The minimum Gasteiger partial charge on any atom is -0.454 e. The van der Waals surface area contributed by atoms with Crippen LogP contribution in [-0.2, 0) is 14.3 Å². The third-order valence-electron chi connectivity index (χ3n) is 7.98. The molecule has 0 aromatic heterocycles. The molecular weight excluding hydrogens is 614 g/mol. The number of Topliss-reactive ketones (excluding diaryl/α,β-unsaturated/α-hetero) is 1. The van der Waals surface area contributed by atoms with Gasteiger partial charge in [-0.1, -0.05) is 92.5 Å². The lowest BCUT2D eigenvalue weighted by Crippen LogP contribution is -2.37. The Balaban J connectivity index is 1.13. The van der Waals surface area contributed by atoms with Crippen molar-refractivity contribution >= 4 is 61.1 Å². The van der Waals surface area contributed by atoms with Crippen LogP contribution in [0.1, 0.15) is 27.1 Å². The first-order chi connectivity index (χ1) is 18.3. The van der Waals surface area contributed by atoms with E-state index in [2.05, 4.69) is 31.9 Å². The molecule has 2 saturated carbocycles. The molecule has 192 valence electrons. The second-order valence-corrected chi connectivity index (χ2v) is 12.1. The van der Waals surface area contributed by atoms with Crippen LogP contribution >= 0.6 is 31.9 Å². The number of hydrogen-bond acceptors (Lipinski definition) is 5. The molecule has 6 nitrogen and oxygen atoms in total. The number of anilines is 1.